The van der Waals surface area contributed by atoms with Crippen LogP contribution in [0.5, 0.6) is 17.4 Å². The summed E-state index contributed by atoms with van der Waals surface area (Å²) in [4.78, 5) is 13.2. The maximum atomic E-state index is 13.2. The van der Waals surface area contributed by atoms with Crippen molar-refractivity contribution in [1.29, 1.82) is 0 Å². The van der Waals surface area contributed by atoms with Gasteiger partial charge in [-0.05, 0) is 24.5 Å². The highest BCUT2D eigenvalue weighted by atomic mass is 35.5. The van der Waals surface area contributed by atoms with Crippen LogP contribution in [-0.4, -0.2) is 48.3 Å². The average Bonchev–Trinajstić information content (AvgIpc) is 3.34. The molecule has 0 unspecified atom stereocenters. The van der Waals surface area contributed by atoms with E-state index >= 15 is 0 Å². The molecule has 1 fully saturated rings. The Labute approximate surface area is 196 Å². The van der Waals surface area contributed by atoms with Crippen molar-refractivity contribution in [3.63, 3.8) is 0 Å². The van der Waals surface area contributed by atoms with Gasteiger partial charge in [0.25, 0.3) is 0 Å². The van der Waals surface area contributed by atoms with Gasteiger partial charge in [-0.3, -0.25) is 9.48 Å². The number of aromatic nitrogens is 3. The highest BCUT2D eigenvalue weighted by Crippen LogP contribution is 2.38. The first kappa shape index (κ1) is 23.2. The fourth-order valence-corrected chi connectivity index (χ4v) is 3.98. The molecule has 2 aromatic heterocycles. The topological polar surface area (TPSA) is 122 Å². The first-order valence-electron chi connectivity index (χ1n) is 10.9. The average molecular weight is 475 g/mol. The van der Waals surface area contributed by atoms with E-state index in [0.717, 1.165) is 19.3 Å². The number of halogens is 1. The lowest BCUT2D eigenvalue weighted by Crippen LogP contribution is -2.29. The smallest absolute Gasteiger partial charge is 0.248 e. The predicted molar refractivity (Wildman–Crippen MR) is 123 cm³/mol. The van der Waals surface area contributed by atoms with Crippen LogP contribution >= 0.6 is 11.6 Å². The molecule has 1 saturated carbocycles. The Bertz CT molecular complexity index is 1090. The molecule has 0 spiro atoms. The number of carbonyl (C=O) groups excluding carboxylic acids is 1. The van der Waals surface area contributed by atoms with Gasteiger partial charge in [0, 0.05) is 18.3 Å². The molecule has 0 radical (unpaired) electrons. The molecule has 4 N–H and O–H groups in total. The molecule has 1 amide bonds. The minimum atomic E-state index is -0.937. The first-order chi connectivity index (χ1) is 15.9. The fourth-order valence-electron chi connectivity index (χ4n) is 3.81. The number of aromatic hydroxyl groups is 1. The Kier molecular flexibility index (Phi) is 7.22. The Balaban J connectivity index is 1.51. The number of carbonyl (C=O) groups is 1. The number of aliphatic hydroxyl groups is 2. The van der Waals surface area contributed by atoms with Crippen molar-refractivity contribution in [2.75, 3.05) is 11.9 Å². The molecule has 1 aliphatic carbocycles. The molecule has 1 aromatic carbocycles. The quantitative estimate of drug-likeness (QED) is 0.356. The van der Waals surface area contributed by atoms with Crippen LogP contribution in [0.4, 0.5) is 5.82 Å². The van der Waals surface area contributed by atoms with Gasteiger partial charge in [0.05, 0.1) is 30.5 Å². The molecule has 4 rings (SSSR count). The highest BCUT2D eigenvalue weighted by Gasteiger charge is 2.30. The van der Waals surface area contributed by atoms with Gasteiger partial charge in [-0.25, -0.2) is 0 Å². The van der Waals surface area contributed by atoms with Gasteiger partial charge in [-0.2, -0.15) is 5.10 Å². The summed E-state index contributed by atoms with van der Waals surface area (Å²) in [6, 6.07) is 9.43. The van der Waals surface area contributed by atoms with Gasteiger partial charge in [0.2, 0.25) is 5.91 Å². The zero-order chi connectivity index (χ0) is 23.4. The lowest BCUT2D eigenvalue weighted by Gasteiger charge is -2.29. The number of para-hydroxylation sites is 1. The second-order valence-electron chi connectivity index (χ2n) is 8.27. The van der Waals surface area contributed by atoms with Gasteiger partial charge in [-0.15, -0.1) is 0 Å². The summed E-state index contributed by atoms with van der Waals surface area (Å²) in [5.74, 6) is 1.13. The van der Waals surface area contributed by atoms with Gasteiger partial charge in [0.15, 0.2) is 11.7 Å². The zero-order valence-electron chi connectivity index (χ0n) is 18.0. The van der Waals surface area contributed by atoms with Crippen molar-refractivity contribution in [1.82, 2.24) is 14.3 Å². The normalized spacial score (nSPS) is 15.6. The van der Waals surface area contributed by atoms with E-state index in [2.05, 4.69) is 10.4 Å². The summed E-state index contributed by atoms with van der Waals surface area (Å²) >= 11 is 6.17. The van der Waals surface area contributed by atoms with Gasteiger partial charge >= 0.3 is 0 Å². The van der Waals surface area contributed by atoms with Crippen LogP contribution in [-0.2, 0) is 11.3 Å². The number of anilines is 1. The lowest BCUT2D eigenvalue weighted by atomic mass is 9.80. The second-order valence-corrected chi connectivity index (χ2v) is 8.68. The molecular weight excluding hydrogens is 448 g/mol. The third kappa shape index (κ3) is 5.68. The van der Waals surface area contributed by atoms with Gasteiger partial charge in [-0.1, -0.05) is 43.0 Å². The summed E-state index contributed by atoms with van der Waals surface area (Å²) in [6.07, 6.45) is 6.06. The Morgan fingerprint density at radius 1 is 1.30 bits per heavy atom. The molecule has 9 nitrogen and oxygen atoms in total. The van der Waals surface area contributed by atoms with Crippen LogP contribution in [0, 0.1) is 5.92 Å². The SMILES string of the molecule is O=C(Nc1ccn(C[C@@H](O)CO)n1)[C@H](CC1CCC1)n1cc(Oc2ccccc2Cl)cc1O. The van der Waals surface area contributed by atoms with E-state index in [1.165, 1.54) is 15.3 Å². The molecule has 2 atom stereocenters. The first-order valence-corrected chi connectivity index (χ1v) is 11.3. The summed E-state index contributed by atoms with van der Waals surface area (Å²) in [6.45, 7) is -0.268. The largest absolute Gasteiger partial charge is 0.494 e. The van der Waals surface area contributed by atoms with Crippen LogP contribution in [0.15, 0.2) is 48.8 Å². The summed E-state index contributed by atoms with van der Waals surface area (Å²) in [5.41, 5.74) is 0. The molecule has 10 heteroatoms. The number of rotatable bonds is 10. The molecule has 0 bridgehead atoms. The number of hydrogen-bond donors (Lipinski definition) is 4. The summed E-state index contributed by atoms with van der Waals surface area (Å²) < 4.78 is 8.76. The number of nitrogens with zero attached hydrogens (tertiary/aromatic N) is 3. The van der Waals surface area contributed by atoms with Gasteiger partial charge < -0.3 is 29.9 Å². The molecule has 33 heavy (non-hydrogen) atoms. The van der Waals surface area contributed by atoms with E-state index in [-0.39, 0.29) is 24.9 Å². The number of aliphatic hydroxyl groups excluding tert-OH is 2. The number of hydrogen-bond acceptors (Lipinski definition) is 6. The van der Waals surface area contributed by atoms with Crippen LogP contribution < -0.4 is 10.1 Å². The minimum Gasteiger partial charge on any atom is -0.494 e. The van der Waals surface area contributed by atoms with Crippen LogP contribution in [0.25, 0.3) is 0 Å². The monoisotopic (exact) mass is 474 g/mol. The van der Waals surface area contributed by atoms with E-state index < -0.39 is 12.1 Å². The van der Waals surface area contributed by atoms with Crippen LogP contribution in [0.1, 0.15) is 31.7 Å². The Morgan fingerprint density at radius 2 is 2.09 bits per heavy atom. The third-order valence-electron chi connectivity index (χ3n) is 5.79. The van der Waals surface area contributed by atoms with Crippen molar-refractivity contribution >= 4 is 23.3 Å². The lowest BCUT2D eigenvalue weighted by molar-refractivity contribution is -0.120. The molecule has 0 aliphatic heterocycles. The van der Waals surface area contributed by atoms with E-state index in [0.29, 0.717) is 34.7 Å². The molecule has 3 aromatic rings. The number of ether oxygens (including phenoxy) is 1. The fraction of sp³-hybridized carbons (Fsp3) is 0.391. The van der Waals surface area contributed by atoms with E-state index in [1.807, 2.05) is 0 Å². The van der Waals surface area contributed by atoms with Crippen molar-refractivity contribution in [3.8, 4) is 17.4 Å². The maximum Gasteiger partial charge on any atom is 0.248 e. The van der Waals surface area contributed by atoms with Crippen molar-refractivity contribution in [2.45, 2.75) is 44.4 Å². The van der Waals surface area contributed by atoms with Crippen LogP contribution in [0.3, 0.4) is 0 Å². The van der Waals surface area contributed by atoms with E-state index in [9.17, 15) is 15.0 Å². The van der Waals surface area contributed by atoms with E-state index in [1.54, 1.807) is 42.7 Å². The molecule has 176 valence electrons. The van der Waals surface area contributed by atoms with Gasteiger partial charge in [0.1, 0.15) is 17.5 Å². The van der Waals surface area contributed by atoms with Crippen molar-refractivity contribution < 1.29 is 24.9 Å². The van der Waals surface area contributed by atoms with Crippen molar-refractivity contribution in [2.24, 2.45) is 5.92 Å². The Morgan fingerprint density at radius 3 is 2.79 bits per heavy atom. The highest BCUT2D eigenvalue weighted by molar-refractivity contribution is 6.32. The molecule has 1 aliphatic rings. The number of nitrogens with one attached hydrogen (secondary N) is 1. The Hall–Kier alpha value is -3.01. The molecule has 2 heterocycles. The minimum absolute atomic E-state index is 0.0897. The van der Waals surface area contributed by atoms with Crippen molar-refractivity contribution in [3.05, 3.63) is 53.8 Å². The maximum absolute atomic E-state index is 13.2. The van der Waals surface area contributed by atoms with Crippen LogP contribution in [0.2, 0.25) is 5.02 Å². The number of benzene rings is 1. The predicted octanol–water partition coefficient (Wildman–Crippen LogP) is 3.56. The standard InChI is InChI=1S/C23H27ClN4O5/c24-18-6-1-2-7-20(18)33-17-11-22(31)28(13-17)19(10-15-4-3-5-15)23(32)25-21-8-9-27(26-21)12-16(30)14-29/h1-2,6-9,11,13,15-16,19,29-31H,3-5,10,12,14H2,(H,25,26,32)/t16-,19+/m1/s1. The molecule has 0 saturated heterocycles. The van der Waals surface area contributed by atoms with E-state index in [4.69, 9.17) is 21.4 Å². The molecular formula is C23H27ClN4O5. The second kappa shape index (κ2) is 10.3. The summed E-state index contributed by atoms with van der Waals surface area (Å²) in [5, 5.41) is 36.6. The third-order valence-corrected chi connectivity index (χ3v) is 6.10. The number of amides is 1. The summed E-state index contributed by atoms with van der Waals surface area (Å²) in [7, 11) is 0. The zero-order valence-corrected chi connectivity index (χ0v) is 18.7.